The van der Waals surface area contributed by atoms with Crippen molar-refractivity contribution in [3.8, 4) is 11.1 Å². The van der Waals surface area contributed by atoms with Crippen molar-refractivity contribution in [1.82, 2.24) is 14.8 Å². The highest BCUT2D eigenvalue weighted by molar-refractivity contribution is 5.97. The first kappa shape index (κ1) is 25.8. The highest BCUT2D eigenvalue weighted by Crippen LogP contribution is 2.31. The number of amides is 1. The molecule has 8 heteroatoms. The standard InChI is InChI=1S/C27H32FN5O2/c1-4-23(24(34)5-2)33(18-19-11-12-19)15-14-31-27(29)32(3)25(35)17-20-8-6-9-21(16-20)22-10-7-13-30-26(22)28/h4,6-10,13-16,19H,5,11-12,17-18H2,1-3H3,(H2,29,31)/b15-14+,23-4-. The molecule has 0 atom stereocenters. The molecule has 2 aromatic rings. The molecule has 1 aromatic carbocycles. The first-order valence-corrected chi connectivity index (χ1v) is 11.8. The maximum atomic E-state index is 14.0. The highest BCUT2D eigenvalue weighted by Gasteiger charge is 2.25. The van der Waals surface area contributed by atoms with Crippen LogP contribution >= 0.6 is 0 Å². The van der Waals surface area contributed by atoms with E-state index in [4.69, 9.17) is 5.73 Å². The molecule has 2 N–H and O–H groups in total. The third kappa shape index (κ3) is 7.09. The third-order valence-electron chi connectivity index (χ3n) is 5.87. The molecule has 35 heavy (non-hydrogen) atoms. The van der Waals surface area contributed by atoms with Crippen LogP contribution in [0.4, 0.5) is 4.39 Å². The van der Waals surface area contributed by atoms with Crippen LogP contribution in [0.3, 0.4) is 0 Å². The number of rotatable bonds is 10. The summed E-state index contributed by atoms with van der Waals surface area (Å²) in [4.78, 5) is 36.2. The lowest BCUT2D eigenvalue weighted by Crippen LogP contribution is -2.39. The smallest absolute Gasteiger partial charge is 0.233 e. The van der Waals surface area contributed by atoms with Gasteiger partial charge >= 0.3 is 0 Å². The first-order valence-electron chi connectivity index (χ1n) is 11.8. The predicted octanol–water partition coefficient (Wildman–Crippen LogP) is 4.27. The fourth-order valence-corrected chi connectivity index (χ4v) is 3.63. The van der Waals surface area contributed by atoms with Gasteiger partial charge in [0.25, 0.3) is 0 Å². The second-order valence-electron chi connectivity index (χ2n) is 8.50. The lowest BCUT2D eigenvalue weighted by atomic mass is 10.0. The summed E-state index contributed by atoms with van der Waals surface area (Å²) in [6.07, 6.45) is 9.26. The number of carbonyl (C=O) groups is 2. The van der Waals surface area contributed by atoms with Crippen LogP contribution in [0.2, 0.25) is 0 Å². The zero-order valence-electron chi connectivity index (χ0n) is 20.4. The summed E-state index contributed by atoms with van der Waals surface area (Å²) in [7, 11) is 1.56. The number of likely N-dealkylation sites (N-methyl/N-ethyl adjacent to an activating group) is 1. The van der Waals surface area contributed by atoms with Crippen molar-refractivity contribution >= 4 is 17.6 Å². The minimum Gasteiger partial charge on any atom is -0.369 e. The second-order valence-corrected chi connectivity index (χ2v) is 8.50. The number of ketones is 1. The summed E-state index contributed by atoms with van der Waals surface area (Å²) in [5.41, 5.74) is 8.43. The molecule has 1 aliphatic carbocycles. The molecule has 1 aliphatic rings. The summed E-state index contributed by atoms with van der Waals surface area (Å²) in [5.74, 6) is -0.144. The van der Waals surface area contributed by atoms with Gasteiger partial charge < -0.3 is 10.6 Å². The molecule has 0 aliphatic heterocycles. The molecule has 0 spiro atoms. The molecule has 0 saturated heterocycles. The van der Waals surface area contributed by atoms with Crippen LogP contribution < -0.4 is 5.73 Å². The Balaban J connectivity index is 1.67. The average molecular weight is 478 g/mol. The molecule has 0 radical (unpaired) electrons. The number of halogens is 1. The molecule has 1 aromatic heterocycles. The monoisotopic (exact) mass is 477 g/mol. The van der Waals surface area contributed by atoms with Crippen molar-refractivity contribution in [2.75, 3.05) is 13.6 Å². The Morgan fingerprint density at radius 1 is 1.26 bits per heavy atom. The quantitative estimate of drug-likeness (QED) is 0.239. The van der Waals surface area contributed by atoms with Crippen LogP contribution in [0, 0.1) is 11.9 Å². The number of pyridine rings is 1. The lowest BCUT2D eigenvalue weighted by molar-refractivity contribution is -0.125. The van der Waals surface area contributed by atoms with Gasteiger partial charge in [-0.15, -0.1) is 0 Å². The van der Waals surface area contributed by atoms with Crippen molar-refractivity contribution in [2.24, 2.45) is 16.6 Å². The molecule has 7 nitrogen and oxygen atoms in total. The number of allylic oxidation sites excluding steroid dienone is 2. The highest BCUT2D eigenvalue weighted by atomic mass is 19.1. The Bertz CT molecular complexity index is 1150. The van der Waals surface area contributed by atoms with E-state index in [1.165, 1.54) is 17.3 Å². The van der Waals surface area contributed by atoms with E-state index in [2.05, 4.69) is 9.98 Å². The van der Waals surface area contributed by atoms with Crippen molar-refractivity contribution in [2.45, 2.75) is 39.5 Å². The fraction of sp³-hybridized carbons (Fsp3) is 0.333. The predicted molar refractivity (Wildman–Crippen MR) is 135 cm³/mol. The SMILES string of the molecule is C/C=C(/C(=O)CC)N(/C=C/N=C(N)N(C)C(=O)Cc1cccc(-c2cccnc2F)c1)CC1CC1. The fourth-order valence-electron chi connectivity index (χ4n) is 3.63. The number of benzene rings is 1. The van der Waals surface area contributed by atoms with Crippen molar-refractivity contribution in [3.05, 3.63) is 78.3 Å². The lowest BCUT2D eigenvalue weighted by Gasteiger charge is -2.22. The van der Waals surface area contributed by atoms with Gasteiger partial charge in [0.1, 0.15) is 0 Å². The third-order valence-corrected chi connectivity index (χ3v) is 5.87. The topological polar surface area (TPSA) is 91.9 Å². The largest absolute Gasteiger partial charge is 0.369 e. The number of nitrogens with two attached hydrogens (primary N) is 1. The van der Waals surface area contributed by atoms with E-state index >= 15 is 0 Å². The Kier molecular flexibility index (Phi) is 8.89. The Morgan fingerprint density at radius 2 is 2.03 bits per heavy atom. The normalized spacial score (nSPS) is 14.3. The van der Waals surface area contributed by atoms with Gasteiger partial charge in [-0.05, 0) is 48.9 Å². The second kappa shape index (κ2) is 12.1. The van der Waals surface area contributed by atoms with Crippen LogP contribution in [0.15, 0.2) is 71.8 Å². The van der Waals surface area contributed by atoms with E-state index in [1.807, 2.05) is 24.8 Å². The van der Waals surface area contributed by atoms with Gasteiger partial charge in [0.2, 0.25) is 17.8 Å². The summed E-state index contributed by atoms with van der Waals surface area (Å²) in [5, 5.41) is 0. The van der Waals surface area contributed by atoms with Crippen molar-refractivity contribution < 1.29 is 14.0 Å². The first-order chi connectivity index (χ1) is 16.8. The number of hydrogen-bond acceptors (Lipinski definition) is 5. The number of aliphatic imine (C=N–C) groups is 1. The molecule has 184 valence electrons. The summed E-state index contributed by atoms with van der Waals surface area (Å²) in [6, 6.07) is 10.4. The van der Waals surface area contributed by atoms with Gasteiger partial charge in [-0.1, -0.05) is 37.3 Å². The van der Waals surface area contributed by atoms with Gasteiger partial charge in [-0.2, -0.15) is 4.39 Å². The molecular weight excluding hydrogens is 445 g/mol. The van der Waals surface area contributed by atoms with E-state index < -0.39 is 5.95 Å². The summed E-state index contributed by atoms with van der Waals surface area (Å²) < 4.78 is 14.0. The minimum absolute atomic E-state index is 0.0379. The molecule has 0 bridgehead atoms. The number of nitrogens with zero attached hydrogens (tertiary/aromatic N) is 4. The van der Waals surface area contributed by atoms with E-state index in [9.17, 15) is 14.0 Å². The maximum Gasteiger partial charge on any atom is 0.233 e. The zero-order valence-corrected chi connectivity index (χ0v) is 20.4. The van der Waals surface area contributed by atoms with Crippen LogP contribution in [0.1, 0.15) is 38.7 Å². The van der Waals surface area contributed by atoms with E-state index in [-0.39, 0.29) is 24.1 Å². The van der Waals surface area contributed by atoms with E-state index in [1.54, 1.807) is 49.6 Å². The number of guanidine groups is 1. The zero-order chi connectivity index (χ0) is 25.4. The molecule has 1 fully saturated rings. The van der Waals surface area contributed by atoms with Crippen LogP contribution in [-0.4, -0.2) is 46.0 Å². The van der Waals surface area contributed by atoms with Gasteiger partial charge in [0, 0.05) is 44.2 Å². The average Bonchev–Trinajstić information content (AvgIpc) is 3.68. The molecular formula is C27H32FN5O2. The number of aromatic nitrogens is 1. The van der Waals surface area contributed by atoms with Gasteiger partial charge in [0.05, 0.1) is 12.1 Å². The minimum atomic E-state index is -0.561. The molecule has 3 rings (SSSR count). The van der Waals surface area contributed by atoms with Gasteiger partial charge in [-0.25, -0.2) is 9.98 Å². The molecule has 1 heterocycles. The molecule has 1 saturated carbocycles. The van der Waals surface area contributed by atoms with Crippen LogP contribution in [0.5, 0.6) is 0 Å². The maximum absolute atomic E-state index is 14.0. The number of hydrogen-bond donors (Lipinski definition) is 1. The molecule has 0 unspecified atom stereocenters. The van der Waals surface area contributed by atoms with Gasteiger partial charge in [0.15, 0.2) is 5.78 Å². The van der Waals surface area contributed by atoms with Gasteiger partial charge in [-0.3, -0.25) is 14.5 Å². The van der Waals surface area contributed by atoms with E-state index in [0.29, 0.717) is 29.2 Å². The van der Waals surface area contributed by atoms with E-state index in [0.717, 1.165) is 24.9 Å². The molecule has 1 amide bonds. The number of Topliss-reactive ketones (excluding diaryl/α,β-unsaturated/α-hetero) is 1. The van der Waals surface area contributed by atoms with Crippen molar-refractivity contribution in [1.29, 1.82) is 0 Å². The van der Waals surface area contributed by atoms with Crippen LogP contribution in [-0.2, 0) is 16.0 Å². The Labute approximate surface area is 205 Å². The Morgan fingerprint density at radius 3 is 2.69 bits per heavy atom. The summed E-state index contributed by atoms with van der Waals surface area (Å²) in [6.45, 7) is 4.43. The van der Waals surface area contributed by atoms with Crippen LogP contribution in [0.25, 0.3) is 11.1 Å². The number of carbonyl (C=O) groups excluding carboxylic acids is 2. The Hall–Kier alpha value is -3.81. The van der Waals surface area contributed by atoms with Crippen molar-refractivity contribution in [3.63, 3.8) is 0 Å². The summed E-state index contributed by atoms with van der Waals surface area (Å²) >= 11 is 0.